The second-order valence-electron chi connectivity index (χ2n) is 4.83. The minimum Gasteiger partial charge on any atom is -0.372 e. The smallest absolute Gasteiger partial charge is 0.372 e. The first-order valence-electron chi connectivity index (χ1n) is 7.24. The van der Waals surface area contributed by atoms with Crippen LogP contribution in [-0.2, 0) is 11.2 Å². The molecule has 0 unspecified atom stereocenters. The van der Waals surface area contributed by atoms with Crippen LogP contribution in [-0.4, -0.2) is 45.5 Å². The SMILES string of the molecule is CN=C(NCCCOCC(F)(F)F)NCCc1cccc(F)c1. The number of hydrogen-bond acceptors (Lipinski definition) is 2. The maximum Gasteiger partial charge on any atom is 0.411 e. The zero-order chi connectivity index (χ0) is 17.1. The zero-order valence-electron chi connectivity index (χ0n) is 12.9. The Bertz CT molecular complexity index is 492. The number of halogens is 4. The van der Waals surface area contributed by atoms with E-state index in [9.17, 15) is 17.6 Å². The summed E-state index contributed by atoms with van der Waals surface area (Å²) in [5.41, 5.74) is 0.869. The fourth-order valence-corrected chi connectivity index (χ4v) is 1.81. The van der Waals surface area contributed by atoms with E-state index in [1.165, 1.54) is 12.1 Å². The van der Waals surface area contributed by atoms with Crippen LogP contribution >= 0.6 is 0 Å². The molecular weight excluding hydrogens is 314 g/mol. The van der Waals surface area contributed by atoms with E-state index in [0.717, 1.165) is 5.56 Å². The van der Waals surface area contributed by atoms with Crippen molar-refractivity contribution in [3.8, 4) is 0 Å². The van der Waals surface area contributed by atoms with Gasteiger partial charge < -0.3 is 15.4 Å². The molecule has 23 heavy (non-hydrogen) atoms. The van der Waals surface area contributed by atoms with Crippen molar-refractivity contribution in [3.63, 3.8) is 0 Å². The fourth-order valence-electron chi connectivity index (χ4n) is 1.81. The Labute approximate surface area is 132 Å². The molecule has 0 heterocycles. The summed E-state index contributed by atoms with van der Waals surface area (Å²) in [5.74, 6) is 0.265. The Hall–Kier alpha value is -1.83. The van der Waals surface area contributed by atoms with Gasteiger partial charge in [-0.15, -0.1) is 0 Å². The van der Waals surface area contributed by atoms with Gasteiger partial charge in [-0.05, 0) is 30.5 Å². The van der Waals surface area contributed by atoms with Gasteiger partial charge in [-0.3, -0.25) is 4.99 Å². The first-order valence-corrected chi connectivity index (χ1v) is 7.24. The van der Waals surface area contributed by atoms with Crippen molar-refractivity contribution in [2.45, 2.75) is 19.0 Å². The summed E-state index contributed by atoms with van der Waals surface area (Å²) in [6.45, 7) is -0.203. The first-order chi connectivity index (χ1) is 10.9. The quantitative estimate of drug-likeness (QED) is 0.332. The number of nitrogens with zero attached hydrogens (tertiary/aromatic N) is 1. The molecule has 4 nitrogen and oxygen atoms in total. The van der Waals surface area contributed by atoms with E-state index in [-0.39, 0.29) is 12.4 Å². The maximum absolute atomic E-state index is 13.0. The van der Waals surface area contributed by atoms with Crippen molar-refractivity contribution in [3.05, 3.63) is 35.6 Å². The molecule has 0 saturated carbocycles. The molecule has 2 N–H and O–H groups in total. The molecule has 0 bridgehead atoms. The third-order valence-electron chi connectivity index (χ3n) is 2.84. The van der Waals surface area contributed by atoms with Gasteiger partial charge in [0, 0.05) is 26.7 Å². The van der Waals surface area contributed by atoms with Crippen molar-refractivity contribution in [2.24, 2.45) is 4.99 Å². The van der Waals surface area contributed by atoms with Gasteiger partial charge in [0.25, 0.3) is 0 Å². The molecule has 0 amide bonds. The lowest BCUT2D eigenvalue weighted by Crippen LogP contribution is -2.39. The van der Waals surface area contributed by atoms with Crippen molar-refractivity contribution in [2.75, 3.05) is 33.4 Å². The molecular formula is C15H21F4N3O. The molecule has 0 saturated heterocycles. The summed E-state index contributed by atoms with van der Waals surface area (Å²) in [6, 6.07) is 6.34. The van der Waals surface area contributed by atoms with Crippen LogP contribution in [0.25, 0.3) is 0 Å². The summed E-state index contributed by atoms with van der Waals surface area (Å²) in [6.07, 6.45) is -3.23. The number of aliphatic imine (C=N–C) groups is 1. The molecule has 0 fully saturated rings. The summed E-state index contributed by atoms with van der Waals surface area (Å²) in [4.78, 5) is 3.99. The van der Waals surface area contributed by atoms with Crippen LogP contribution in [0, 0.1) is 5.82 Å². The molecule has 0 spiro atoms. The van der Waals surface area contributed by atoms with Gasteiger partial charge in [0.05, 0.1) is 0 Å². The predicted octanol–water partition coefficient (Wildman–Crippen LogP) is 2.50. The van der Waals surface area contributed by atoms with Gasteiger partial charge in [0.2, 0.25) is 0 Å². The first kappa shape index (κ1) is 19.2. The third-order valence-corrected chi connectivity index (χ3v) is 2.84. The monoisotopic (exact) mass is 335 g/mol. The van der Waals surface area contributed by atoms with Gasteiger partial charge in [0.1, 0.15) is 12.4 Å². The molecule has 130 valence electrons. The summed E-state index contributed by atoms with van der Waals surface area (Å²) >= 11 is 0. The molecule has 1 aromatic rings. The summed E-state index contributed by atoms with van der Waals surface area (Å²) in [7, 11) is 1.59. The van der Waals surface area contributed by atoms with Crippen LogP contribution in [0.4, 0.5) is 17.6 Å². The summed E-state index contributed by atoms with van der Waals surface area (Å²) < 4.78 is 53.1. The number of guanidine groups is 1. The predicted molar refractivity (Wildman–Crippen MR) is 81.0 cm³/mol. The lowest BCUT2D eigenvalue weighted by Gasteiger charge is -2.12. The van der Waals surface area contributed by atoms with Crippen molar-refractivity contribution in [1.29, 1.82) is 0 Å². The van der Waals surface area contributed by atoms with Gasteiger partial charge in [-0.1, -0.05) is 12.1 Å². The minimum atomic E-state index is -4.29. The number of nitrogens with one attached hydrogen (secondary N) is 2. The molecule has 0 aliphatic carbocycles. The van der Waals surface area contributed by atoms with Gasteiger partial charge in [-0.25, -0.2) is 4.39 Å². The van der Waals surface area contributed by atoms with E-state index in [0.29, 0.717) is 31.9 Å². The van der Waals surface area contributed by atoms with Crippen molar-refractivity contribution in [1.82, 2.24) is 10.6 Å². The van der Waals surface area contributed by atoms with E-state index < -0.39 is 12.8 Å². The van der Waals surface area contributed by atoms with Gasteiger partial charge in [-0.2, -0.15) is 13.2 Å². The third kappa shape index (κ3) is 9.72. The second kappa shape index (κ2) is 10.0. The van der Waals surface area contributed by atoms with Gasteiger partial charge in [0.15, 0.2) is 5.96 Å². The number of alkyl halides is 3. The van der Waals surface area contributed by atoms with Crippen molar-refractivity contribution >= 4 is 5.96 Å². The van der Waals surface area contributed by atoms with Crippen LogP contribution in [0.5, 0.6) is 0 Å². The molecule has 0 aromatic heterocycles. The van der Waals surface area contributed by atoms with E-state index >= 15 is 0 Å². The van der Waals surface area contributed by atoms with Crippen LogP contribution < -0.4 is 10.6 Å². The van der Waals surface area contributed by atoms with Crippen LogP contribution in [0.2, 0.25) is 0 Å². The van der Waals surface area contributed by atoms with Crippen LogP contribution in [0.15, 0.2) is 29.3 Å². The number of hydrogen-bond donors (Lipinski definition) is 2. The second-order valence-corrected chi connectivity index (χ2v) is 4.83. The fraction of sp³-hybridized carbons (Fsp3) is 0.533. The van der Waals surface area contributed by atoms with E-state index in [1.807, 2.05) is 6.07 Å². The average molecular weight is 335 g/mol. The van der Waals surface area contributed by atoms with E-state index in [4.69, 9.17) is 0 Å². The normalized spacial score (nSPS) is 12.3. The average Bonchev–Trinajstić information content (AvgIpc) is 2.48. The highest BCUT2D eigenvalue weighted by atomic mass is 19.4. The Morgan fingerprint density at radius 2 is 1.96 bits per heavy atom. The zero-order valence-corrected chi connectivity index (χ0v) is 12.9. The Morgan fingerprint density at radius 3 is 2.61 bits per heavy atom. The Kier molecular flexibility index (Phi) is 8.39. The van der Waals surface area contributed by atoms with Crippen LogP contribution in [0.1, 0.15) is 12.0 Å². The number of ether oxygens (including phenoxy) is 1. The lowest BCUT2D eigenvalue weighted by atomic mass is 10.1. The molecule has 1 rings (SSSR count). The van der Waals surface area contributed by atoms with E-state index in [1.54, 1.807) is 13.1 Å². The minimum absolute atomic E-state index is 0.0206. The molecule has 0 aliphatic heterocycles. The molecule has 8 heteroatoms. The molecule has 0 aliphatic rings. The number of benzene rings is 1. The molecule has 0 radical (unpaired) electrons. The molecule has 0 atom stereocenters. The van der Waals surface area contributed by atoms with E-state index in [2.05, 4.69) is 20.4 Å². The largest absolute Gasteiger partial charge is 0.411 e. The Morgan fingerprint density at radius 1 is 1.22 bits per heavy atom. The summed E-state index contributed by atoms with van der Waals surface area (Å²) in [5, 5.41) is 6.02. The van der Waals surface area contributed by atoms with Crippen molar-refractivity contribution < 1.29 is 22.3 Å². The lowest BCUT2D eigenvalue weighted by molar-refractivity contribution is -0.173. The highest BCUT2D eigenvalue weighted by Crippen LogP contribution is 2.14. The highest BCUT2D eigenvalue weighted by Gasteiger charge is 2.27. The number of rotatable bonds is 8. The Balaban J connectivity index is 2.13. The topological polar surface area (TPSA) is 45.7 Å². The van der Waals surface area contributed by atoms with Crippen LogP contribution in [0.3, 0.4) is 0 Å². The maximum atomic E-state index is 13.0. The van der Waals surface area contributed by atoms with Gasteiger partial charge >= 0.3 is 6.18 Å². The highest BCUT2D eigenvalue weighted by molar-refractivity contribution is 5.79. The molecule has 1 aromatic carbocycles. The standard InChI is InChI=1S/C15H21F4N3O/c1-20-14(21-7-3-9-23-11-15(17,18)19)22-8-6-12-4-2-5-13(16)10-12/h2,4-5,10H,3,6-9,11H2,1H3,(H2,20,21,22).